The maximum absolute atomic E-state index is 14.5. The molecule has 11 nitrogen and oxygen atoms in total. The number of para-hydroxylation sites is 2. The number of thiazole rings is 1. The zero-order valence-corrected chi connectivity index (χ0v) is 25.8. The molecule has 3 atom stereocenters. The second-order valence-corrected chi connectivity index (χ2v) is 12.3. The number of rotatable bonds is 6. The largest absolute Gasteiger partial charge is 0.357 e. The van der Waals surface area contributed by atoms with E-state index in [4.69, 9.17) is 4.98 Å². The summed E-state index contributed by atoms with van der Waals surface area (Å²) >= 11 is 1.25. The van der Waals surface area contributed by atoms with Crippen molar-refractivity contribution in [3.63, 3.8) is 0 Å². The highest BCUT2D eigenvalue weighted by atomic mass is 32.1. The van der Waals surface area contributed by atoms with Crippen molar-refractivity contribution in [3.8, 4) is 26.9 Å². The molecule has 232 valence electrons. The van der Waals surface area contributed by atoms with Crippen LogP contribution in [0.2, 0.25) is 0 Å². The lowest BCUT2D eigenvalue weighted by Crippen LogP contribution is -2.44. The van der Waals surface area contributed by atoms with Crippen LogP contribution < -0.4 is 22.8 Å². The Hall–Kier alpha value is -6.01. The Morgan fingerprint density at radius 2 is 1.23 bits per heavy atom. The maximum Gasteiger partial charge on any atom is 0.357 e. The summed E-state index contributed by atoms with van der Waals surface area (Å²) in [5.41, 5.74) is 0.508. The van der Waals surface area contributed by atoms with Crippen LogP contribution in [0.1, 0.15) is 36.2 Å². The minimum atomic E-state index is -0.970. The summed E-state index contributed by atoms with van der Waals surface area (Å²) in [6.45, 7) is 1.95. The number of H-pyrrole nitrogens is 1. The van der Waals surface area contributed by atoms with Crippen molar-refractivity contribution in [2.24, 2.45) is 0 Å². The normalized spacial score (nSPS) is 16.0. The van der Waals surface area contributed by atoms with Gasteiger partial charge in [-0.2, -0.15) is 4.68 Å². The number of fused-ring (bicyclic) bond motifs is 3. The molecule has 4 heterocycles. The van der Waals surface area contributed by atoms with Crippen molar-refractivity contribution in [1.29, 1.82) is 0 Å². The standard InChI is InChI=1S/C35H27N7O4S/c1-22(23-14-6-2-7-15-23)28-29(40-33(44)38(32(43)37-40)25-18-10-4-11-19-25)27-31(47-30(36-27)24-16-8-3-9-17-24)42-35(46)39(34(45)41(28)42)26-20-12-5-13-21-26/h2-22,28-29H,1H3,(H,37,43)/t22-,28+,29-/m1/s1. The number of benzene rings is 4. The Bertz CT molecular complexity index is 2470. The van der Waals surface area contributed by atoms with Gasteiger partial charge in [-0.1, -0.05) is 115 Å². The highest BCUT2D eigenvalue weighted by Gasteiger charge is 2.45. The summed E-state index contributed by atoms with van der Waals surface area (Å²) in [7, 11) is 0. The minimum Gasteiger partial charge on any atom is -0.246 e. The first-order chi connectivity index (χ1) is 22.9. The van der Waals surface area contributed by atoms with Gasteiger partial charge in [0, 0.05) is 11.5 Å². The van der Waals surface area contributed by atoms with Gasteiger partial charge in [0.1, 0.15) is 21.7 Å². The van der Waals surface area contributed by atoms with Crippen molar-refractivity contribution in [2.75, 3.05) is 0 Å². The number of hydrogen-bond acceptors (Lipinski definition) is 6. The topological polar surface area (TPSA) is 122 Å². The van der Waals surface area contributed by atoms with Gasteiger partial charge in [0.05, 0.1) is 17.4 Å². The van der Waals surface area contributed by atoms with Gasteiger partial charge >= 0.3 is 22.8 Å². The molecular formula is C35H27N7O4S. The van der Waals surface area contributed by atoms with Crippen molar-refractivity contribution in [1.82, 2.24) is 33.3 Å². The molecule has 12 heteroatoms. The van der Waals surface area contributed by atoms with Crippen LogP contribution in [0.4, 0.5) is 0 Å². The second-order valence-electron chi connectivity index (χ2n) is 11.3. The van der Waals surface area contributed by atoms with Gasteiger partial charge in [-0.15, -0.1) is 0 Å². The Morgan fingerprint density at radius 1 is 0.681 bits per heavy atom. The quantitative estimate of drug-likeness (QED) is 0.287. The van der Waals surface area contributed by atoms with E-state index < -0.39 is 40.8 Å². The van der Waals surface area contributed by atoms with Crippen LogP contribution in [0.3, 0.4) is 0 Å². The van der Waals surface area contributed by atoms with E-state index in [0.29, 0.717) is 27.1 Å². The van der Waals surface area contributed by atoms with Gasteiger partial charge in [-0.25, -0.2) is 47.8 Å². The van der Waals surface area contributed by atoms with E-state index in [1.165, 1.54) is 25.4 Å². The van der Waals surface area contributed by atoms with Gasteiger partial charge < -0.3 is 0 Å². The van der Waals surface area contributed by atoms with E-state index in [9.17, 15) is 19.2 Å². The summed E-state index contributed by atoms with van der Waals surface area (Å²) in [6, 6.07) is 34.6. The van der Waals surface area contributed by atoms with Crippen molar-refractivity contribution in [2.45, 2.75) is 24.9 Å². The molecule has 0 saturated carbocycles. The molecule has 7 aromatic rings. The maximum atomic E-state index is 14.5. The first-order valence-electron chi connectivity index (χ1n) is 15.1. The molecule has 1 aliphatic heterocycles. The third-order valence-corrected chi connectivity index (χ3v) is 9.77. The molecule has 47 heavy (non-hydrogen) atoms. The lowest BCUT2D eigenvalue weighted by Gasteiger charge is -2.36. The Labute approximate surface area is 270 Å². The third-order valence-electron chi connectivity index (χ3n) is 8.67. The van der Waals surface area contributed by atoms with Gasteiger partial charge in [0.25, 0.3) is 0 Å². The fraction of sp³-hybridized carbons (Fsp3) is 0.114. The Balaban J connectivity index is 1.47. The lowest BCUT2D eigenvalue weighted by atomic mass is 9.86. The summed E-state index contributed by atoms with van der Waals surface area (Å²) in [4.78, 5) is 61.7. The molecule has 4 aromatic carbocycles. The molecule has 0 saturated heterocycles. The summed E-state index contributed by atoms with van der Waals surface area (Å²) in [6.07, 6.45) is 0. The van der Waals surface area contributed by atoms with E-state index in [-0.39, 0.29) is 0 Å². The predicted molar refractivity (Wildman–Crippen MR) is 179 cm³/mol. The first kappa shape index (κ1) is 28.5. The zero-order chi connectivity index (χ0) is 32.2. The lowest BCUT2D eigenvalue weighted by molar-refractivity contribution is 0.239. The first-order valence-corrected chi connectivity index (χ1v) is 15.9. The molecule has 8 rings (SSSR count). The molecule has 0 bridgehead atoms. The van der Waals surface area contributed by atoms with Gasteiger partial charge in [-0.05, 0) is 29.8 Å². The number of aromatic nitrogens is 7. The number of nitrogens with zero attached hydrogens (tertiary/aromatic N) is 6. The number of hydrogen-bond donors (Lipinski definition) is 1. The van der Waals surface area contributed by atoms with E-state index in [1.807, 2.05) is 73.7 Å². The van der Waals surface area contributed by atoms with E-state index in [2.05, 4.69) is 5.10 Å². The zero-order valence-electron chi connectivity index (χ0n) is 25.0. The summed E-state index contributed by atoms with van der Waals surface area (Å²) in [5, 5.41) is 3.77. The summed E-state index contributed by atoms with van der Waals surface area (Å²) in [5.74, 6) is -0.429. The fourth-order valence-corrected chi connectivity index (χ4v) is 7.58. The van der Waals surface area contributed by atoms with E-state index in [0.717, 1.165) is 20.3 Å². The van der Waals surface area contributed by atoms with Gasteiger partial charge in [0.2, 0.25) is 0 Å². The van der Waals surface area contributed by atoms with Crippen LogP contribution in [-0.4, -0.2) is 33.3 Å². The molecular weight excluding hydrogens is 614 g/mol. The average Bonchev–Trinajstić information content (AvgIpc) is 3.76. The number of nitrogens with one attached hydrogen (secondary N) is 1. The van der Waals surface area contributed by atoms with Crippen LogP contribution in [-0.2, 0) is 0 Å². The molecule has 0 aliphatic carbocycles. The molecule has 0 spiro atoms. The van der Waals surface area contributed by atoms with E-state index in [1.54, 1.807) is 54.6 Å². The van der Waals surface area contributed by atoms with E-state index >= 15 is 0 Å². The third kappa shape index (κ3) is 4.44. The molecule has 1 N–H and O–H groups in total. The molecule has 0 radical (unpaired) electrons. The highest BCUT2D eigenvalue weighted by molar-refractivity contribution is 7.17. The number of aromatic amines is 1. The van der Waals surface area contributed by atoms with Crippen molar-refractivity contribution >= 4 is 11.3 Å². The molecule has 0 unspecified atom stereocenters. The van der Waals surface area contributed by atoms with Crippen LogP contribution in [0, 0.1) is 0 Å². The van der Waals surface area contributed by atoms with Crippen LogP contribution in [0.25, 0.3) is 26.9 Å². The van der Waals surface area contributed by atoms with Crippen LogP contribution >= 0.6 is 11.3 Å². The van der Waals surface area contributed by atoms with Crippen molar-refractivity contribution < 1.29 is 0 Å². The summed E-state index contributed by atoms with van der Waals surface area (Å²) < 4.78 is 6.27. The smallest absolute Gasteiger partial charge is 0.246 e. The minimum absolute atomic E-state index is 0.391. The van der Waals surface area contributed by atoms with Crippen LogP contribution in [0.15, 0.2) is 141 Å². The molecule has 0 fully saturated rings. The fourth-order valence-electron chi connectivity index (χ4n) is 6.47. The van der Waals surface area contributed by atoms with Gasteiger partial charge in [0.15, 0.2) is 0 Å². The monoisotopic (exact) mass is 641 g/mol. The SMILES string of the molecule is C[C@H](c1ccccc1)[C@H]1[C@H](n2[nH]c(=O)n(-c3ccccc3)c2=O)c2nc(-c3ccccc3)sc2-n2c(=O)n(-c3ccccc3)c(=O)n21. The van der Waals surface area contributed by atoms with Crippen LogP contribution in [0.5, 0.6) is 0 Å². The van der Waals surface area contributed by atoms with Crippen molar-refractivity contribution in [3.05, 3.63) is 175 Å². The molecule has 0 amide bonds. The molecule has 3 aromatic heterocycles. The Morgan fingerprint density at radius 3 is 1.85 bits per heavy atom. The second kappa shape index (κ2) is 11.1. The average molecular weight is 642 g/mol. The van der Waals surface area contributed by atoms with Gasteiger partial charge in [-0.3, -0.25) is 0 Å². The molecule has 1 aliphatic rings. The predicted octanol–water partition coefficient (Wildman–Crippen LogP) is 4.50. The Kier molecular flexibility index (Phi) is 6.73. The highest BCUT2D eigenvalue weighted by Crippen LogP contribution is 2.46.